The van der Waals surface area contributed by atoms with E-state index in [1.165, 1.54) is 6.07 Å². The van der Waals surface area contributed by atoms with Crippen LogP contribution in [0.3, 0.4) is 0 Å². The average Bonchev–Trinajstić information content (AvgIpc) is 2.29. The standard InChI is InChI=1S/C10H5F4NO2S/c1-17-9(16)7-5(4-15)2-3-6(11)8(7)18-10(12,13)14/h2-3H,1H3. The van der Waals surface area contributed by atoms with Gasteiger partial charge >= 0.3 is 11.5 Å². The highest BCUT2D eigenvalue weighted by Gasteiger charge is 2.34. The Bertz CT molecular complexity index is 522. The van der Waals surface area contributed by atoms with Crippen molar-refractivity contribution >= 4 is 17.7 Å². The first kappa shape index (κ1) is 14.3. The number of halogens is 4. The highest BCUT2D eigenvalue weighted by molar-refractivity contribution is 8.00. The molecule has 0 bridgehead atoms. The zero-order valence-corrected chi connectivity index (χ0v) is 9.66. The summed E-state index contributed by atoms with van der Waals surface area (Å²) in [5.74, 6) is -2.44. The minimum atomic E-state index is -4.78. The Morgan fingerprint density at radius 3 is 2.50 bits per heavy atom. The number of alkyl halides is 3. The Morgan fingerprint density at radius 1 is 1.44 bits per heavy atom. The smallest absolute Gasteiger partial charge is 0.446 e. The maximum absolute atomic E-state index is 13.4. The molecule has 0 unspecified atom stereocenters. The molecule has 8 heteroatoms. The number of hydrogen-bond donors (Lipinski definition) is 0. The number of hydrogen-bond acceptors (Lipinski definition) is 4. The Balaban J connectivity index is 3.47. The molecule has 0 aliphatic rings. The lowest BCUT2D eigenvalue weighted by molar-refractivity contribution is -0.0329. The average molecular weight is 279 g/mol. The van der Waals surface area contributed by atoms with E-state index in [9.17, 15) is 22.4 Å². The molecule has 0 spiro atoms. The normalized spacial score (nSPS) is 10.9. The second-order valence-electron chi connectivity index (χ2n) is 2.95. The number of methoxy groups -OCH3 is 1. The van der Waals surface area contributed by atoms with Crippen molar-refractivity contribution in [3.8, 4) is 6.07 Å². The van der Waals surface area contributed by atoms with Crippen LogP contribution in [0.4, 0.5) is 17.6 Å². The van der Waals surface area contributed by atoms with E-state index >= 15 is 0 Å². The number of nitriles is 1. The van der Waals surface area contributed by atoms with Crippen molar-refractivity contribution in [3.05, 3.63) is 29.1 Å². The van der Waals surface area contributed by atoms with Gasteiger partial charge in [0.05, 0.1) is 23.1 Å². The largest absolute Gasteiger partial charge is 0.465 e. The minimum absolute atomic E-state index is 0.380. The van der Waals surface area contributed by atoms with Crippen LogP contribution in [0.5, 0.6) is 0 Å². The molecule has 0 amide bonds. The predicted molar refractivity (Wildman–Crippen MR) is 54.4 cm³/mol. The molecule has 0 saturated carbocycles. The molecule has 0 heterocycles. The summed E-state index contributed by atoms with van der Waals surface area (Å²) < 4.78 is 54.4. The summed E-state index contributed by atoms with van der Waals surface area (Å²) >= 11 is -0.800. The minimum Gasteiger partial charge on any atom is -0.465 e. The molecule has 1 rings (SSSR count). The zero-order chi connectivity index (χ0) is 13.9. The van der Waals surface area contributed by atoms with Crippen LogP contribution in [0.1, 0.15) is 15.9 Å². The van der Waals surface area contributed by atoms with Gasteiger partial charge in [0.2, 0.25) is 0 Å². The van der Waals surface area contributed by atoms with Crippen molar-refractivity contribution in [3.63, 3.8) is 0 Å². The monoisotopic (exact) mass is 279 g/mol. The van der Waals surface area contributed by atoms with Gasteiger partial charge in [-0.05, 0) is 23.9 Å². The topological polar surface area (TPSA) is 50.1 Å². The van der Waals surface area contributed by atoms with Crippen LogP contribution in [0.25, 0.3) is 0 Å². The number of ether oxygens (including phenoxy) is 1. The number of thioether (sulfide) groups is 1. The van der Waals surface area contributed by atoms with Crippen LogP contribution in [0.2, 0.25) is 0 Å². The number of rotatable bonds is 2. The number of benzene rings is 1. The van der Waals surface area contributed by atoms with E-state index in [2.05, 4.69) is 4.74 Å². The van der Waals surface area contributed by atoms with Crippen LogP contribution in [-0.2, 0) is 4.74 Å². The van der Waals surface area contributed by atoms with E-state index in [1.807, 2.05) is 0 Å². The lowest BCUT2D eigenvalue weighted by atomic mass is 10.1. The van der Waals surface area contributed by atoms with Crippen LogP contribution >= 0.6 is 11.8 Å². The molecular formula is C10H5F4NO2S. The van der Waals surface area contributed by atoms with Gasteiger partial charge in [-0.15, -0.1) is 0 Å². The highest BCUT2D eigenvalue weighted by atomic mass is 32.2. The van der Waals surface area contributed by atoms with Crippen LogP contribution in [0, 0.1) is 17.1 Å². The molecule has 96 valence electrons. The van der Waals surface area contributed by atoms with Crippen molar-refractivity contribution in [2.45, 2.75) is 10.4 Å². The maximum Gasteiger partial charge on any atom is 0.446 e. The van der Waals surface area contributed by atoms with E-state index in [0.717, 1.165) is 13.2 Å². The van der Waals surface area contributed by atoms with Gasteiger partial charge in [0.15, 0.2) is 0 Å². The lowest BCUT2D eigenvalue weighted by Crippen LogP contribution is -2.10. The van der Waals surface area contributed by atoms with E-state index < -0.39 is 39.5 Å². The fraction of sp³-hybridized carbons (Fsp3) is 0.200. The van der Waals surface area contributed by atoms with Gasteiger partial charge in [-0.3, -0.25) is 0 Å². The molecule has 3 nitrogen and oxygen atoms in total. The van der Waals surface area contributed by atoms with Crippen molar-refractivity contribution in [1.29, 1.82) is 5.26 Å². The highest BCUT2D eigenvalue weighted by Crippen LogP contribution is 2.40. The first-order valence-electron chi connectivity index (χ1n) is 4.36. The van der Waals surface area contributed by atoms with Gasteiger partial charge in [0, 0.05) is 0 Å². The molecule has 0 atom stereocenters. The predicted octanol–water partition coefficient (Wildman–Crippen LogP) is 3.10. The van der Waals surface area contributed by atoms with Gasteiger partial charge < -0.3 is 4.74 Å². The number of carbonyl (C=O) groups is 1. The van der Waals surface area contributed by atoms with Crippen LogP contribution < -0.4 is 0 Å². The molecule has 0 aromatic heterocycles. The molecule has 0 fully saturated rings. The third-order valence-electron chi connectivity index (χ3n) is 1.84. The number of nitrogens with zero attached hydrogens (tertiary/aromatic N) is 1. The molecule has 18 heavy (non-hydrogen) atoms. The summed E-state index contributed by atoms with van der Waals surface area (Å²) in [6.07, 6.45) is 0. The molecule has 0 radical (unpaired) electrons. The van der Waals surface area contributed by atoms with Crippen molar-refractivity contribution < 1.29 is 27.1 Å². The van der Waals surface area contributed by atoms with Crippen LogP contribution in [-0.4, -0.2) is 18.6 Å². The summed E-state index contributed by atoms with van der Waals surface area (Å²) in [5.41, 5.74) is -5.88. The van der Waals surface area contributed by atoms with Crippen LogP contribution in [0.15, 0.2) is 17.0 Å². The van der Waals surface area contributed by atoms with Gasteiger partial charge in [0.1, 0.15) is 11.9 Å². The fourth-order valence-corrected chi connectivity index (χ4v) is 1.86. The first-order chi connectivity index (χ1) is 8.30. The molecule has 0 aliphatic carbocycles. The second kappa shape index (κ2) is 5.27. The van der Waals surface area contributed by atoms with E-state index in [1.54, 1.807) is 0 Å². The Morgan fingerprint density at radius 2 is 2.06 bits per heavy atom. The summed E-state index contributed by atoms with van der Waals surface area (Å²) in [7, 11) is 0.927. The Kier molecular flexibility index (Phi) is 4.19. The lowest BCUT2D eigenvalue weighted by Gasteiger charge is -2.11. The SMILES string of the molecule is COC(=O)c1c(C#N)ccc(F)c1SC(F)(F)F. The molecular weight excluding hydrogens is 274 g/mol. The van der Waals surface area contributed by atoms with Crippen molar-refractivity contribution in [2.24, 2.45) is 0 Å². The van der Waals surface area contributed by atoms with Crippen molar-refractivity contribution in [1.82, 2.24) is 0 Å². The summed E-state index contributed by atoms with van der Waals surface area (Å²) in [6, 6.07) is 3.13. The number of carbonyl (C=O) groups excluding carboxylic acids is 1. The molecule has 0 aliphatic heterocycles. The Hall–Kier alpha value is -1.75. The second-order valence-corrected chi connectivity index (χ2v) is 4.03. The van der Waals surface area contributed by atoms with Gasteiger partial charge in [-0.1, -0.05) is 0 Å². The summed E-state index contributed by atoms with van der Waals surface area (Å²) in [6.45, 7) is 0. The zero-order valence-electron chi connectivity index (χ0n) is 8.84. The first-order valence-corrected chi connectivity index (χ1v) is 5.18. The molecule has 1 aromatic carbocycles. The van der Waals surface area contributed by atoms with E-state index in [0.29, 0.717) is 6.07 Å². The molecule has 0 saturated heterocycles. The summed E-state index contributed by atoms with van der Waals surface area (Å²) in [4.78, 5) is 10.4. The van der Waals surface area contributed by atoms with Gasteiger partial charge in [0.25, 0.3) is 0 Å². The number of esters is 1. The van der Waals surface area contributed by atoms with Gasteiger partial charge in [-0.25, -0.2) is 9.18 Å². The quantitative estimate of drug-likeness (QED) is 0.474. The Labute approximate surface area is 103 Å². The summed E-state index contributed by atoms with van der Waals surface area (Å²) in [5, 5.41) is 8.71. The molecule has 1 aromatic rings. The third kappa shape index (κ3) is 3.13. The van der Waals surface area contributed by atoms with E-state index in [4.69, 9.17) is 5.26 Å². The maximum atomic E-state index is 13.4. The van der Waals surface area contributed by atoms with Crippen molar-refractivity contribution in [2.75, 3.05) is 7.11 Å². The van der Waals surface area contributed by atoms with E-state index in [-0.39, 0.29) is 5.56 Å². The van der Waals surface area contributed by atoms with Gasteiger partial charge in [-0.2, -0.15) is 18.4 Å². The third-order valence-corrected chi connectivity index (χ3v) is 2.67. The fourth-order valence-electron chi connectivity index (χ4n) is 1.17. The molecule has 0 N–H and O–H groups in total.